The van der Waals surface area contributed by atoms with Gasteiger partial charge in [-0.3, -0.25) is 0 Å². The van der Waals surface area contributed by atoms with Crippen molar-refractivity contribution in [3.8, 4) is 11.4 Å². The van der Waals surface area contributed by atoms with Crippen LogP contribution in [0.25, 0.3) is 17.0 Å². The summed E-state index contributed by atoms with van der Waals surface area (Å²) < 4.78 is 2.16. The Bertz CT molecular complexity index is 741. The minimum atomic E-state index is 0.348. The van der Waals surface area contributed by atoms with Gasteiger partial charge in [-0.25, -0.2) is 14.5 Å². The molecule has 0 radical (unpaired) electrons. The Hall–Kier alpha value is -1.17. The van der Waals surface area contributed by atoms with Gasteiger partial charge in [0.15, 0.2) is 11.5 Å². The van der Waals surface area contributed by atoms with Gasteiger partial charge < -0.3 is 0 Å². The van der Waals surface area contributed by atoms with Crippen molar-refractivity contribution >= 4 is 44.8 Å². The summed E-state index contributed by atoms with van der Waals surface area (Å²) in [5.74, 6) is 0.533. The highest BCUT2D eigenvalue weighted by atomic mass is 79.9. The van der Waals surface area contributed by atoms with Crippen molar-refractivity contribution < 1.29 is 0 Å². The second kappa shape index (κ2) is 4.50. The van der Waals surface area contributed by atoms with E-state index >= 15 is 0 Å². The van der Waals surface area contributed by atoms with E-state index in [1.165, 1.54) is 6.33 Å². The lowest BCUT2D eigenvalue weighted by molar-refractivity contribution is 0.921. The zero-order chi connectivity index (χ0) is 12.7. The lowest BCUT2D eigenvalue weighted by Gasteiger charge is -1.96. The van der Waals surface area contributed by atoms with Crippen molar-refractivity contribution in [2.45, 2.75) is 0 Å². The minimum absolute atomic E-state index is 0.348. The smallest absolute Gasteiger partial charge is 0.183 e. The summed E-state index contributed by atoms with van der Waals surface area (Å²) in [5, 5.41) is 5.26. The first-order valence-corrected chi connectivity index (χ1v) is 6.53. The summed E-state index contributed by atoms with van der Waals surface area (Å²) in [6.07, 6.45) is 1.51. The van der Waals surface area contributed by atoms with Gasteiger partial charge in [-0.15, -0.1) is 5.10 Å². The summed E-state index contributed by atoms with van der Waals surface area (Å²) in [5.41, 5.74) is 1.37. The first-order chi connectivity index (χ1) is 8.66. The monoisotopic (exact) mass is 342 g/mol. The highest BCUT2D eigenvalue weighted by Crippen LogP contribution is 2.28. The molecule has 7 heteroatoms. The average Bonchev–Trinajstić information content (AvgIpc) is 2.79. The molecule has 0 aliphatic carbocycles. The summed E-state index contributed by atoms with van der Waals surface area (Å²) >= 11 is 15.4. The molecule has 3 rings (SSSR count). The lowest BCUT2D eigenvalue weighted by Crippen LogP contribution is -1.91. The van der Waals surface area contributed by atoms with Crippen molar-refractivity contribution in [1.82, 2.24) is 19.6 Å². The molecule has 0 N–H and O–H groups in total. The highest BCUT2D eigenvalue weighted by Gasteiger charge is 2.13. The highest BCUT2D eigenvalue weighted by molar-refractivity contribution is 9.10. The van der Waals surface area contributed by atoms with Crippen molar-refractivity contribution in [3.63, 3.8) is 0 Å². The van der Waals surface area contributed by atoms with Crippen LogP contribution in [0, 0.1) is 0 Å². The first kappa shape index (κ1) is 11.9. The third-order valence-electron chi connectivity index (χ3n) is 2.40. The molecule has 2 aromatic heterocycles. The molecule has 2 heterocycles. The van der Waals surface area contributed by atoms with E-state index < -0.39 is 0 Å². The molecular formula is C11H5BrCl2N4. The minimum Gasteiger partial charge on any atom is -0.223 e. The Morgan fingerprint density at radius 3 is 2.72 bits per heavy atom. The van der Waals surface area contributed by atoms with Crippen LogP contribution >= 0.6 is 39.1 Å². The molecule has 1 aromatic carbocycles. The molecule has 0 atom stereocenters. The van der Waals surface area contributed by atoms with Gasteiger partial charge in [-0.1, -0.05) is 35.3 Å². The molecule has 4 nitrogen and oxygen atoms in total. The van der Waals surface area contributed by atoms with Crippen LogP contribution in [0.3, 0.4) is 0 Å². The third kappa shape index (κ3) is 1.88. The fourth-order valence-corrected chi connectivity index (χ4v) is 2.29. The predicted molar refractivity (Wildman–Crippen MR) is 73.9 cm³/mol. The van der Waals surface area contributed by atoms with E-state index in [1.54, 1.807) is 10.6 Å². The molecule has 0 bridgehead atoms. The van der Waals surface area contributed by atoms with Gasteiger partial charge in [0.05, 0.1) is 9.50 Å². The van der Waals surface area contributed by atoms with Gasteiger partial charge >= 0.3 is 0 Å². The third-order valence-corrected chi connectivity index (χ3v) is 3.98. The number of hydrogen-bond acceptors (Lipinski definition) is 3. The number of rotatable bonds is 1. The lowest BCUT2D eigenvalue weighted by atomic mass is 10.2. The molecule has 3 aromatic rings. The first-order valence-electron chi connectivity index (χ1n) is 4.98. The molecule has 0 aliphatic rings. The van der Waals surface area contributed by atoms with E-state index in [9.17, 15) is 0 Å². The molecule has 0 spiro atoms. The fraction of sp³-hybridized carbons (Fsp3) is 0. The van der Waals surface area contributed by atoms with Gasteiger partial charge in [0.1, 0.15) is 11.5 Å². The Balaban J connectivity index is 2.26. The quantitative estimate of drug-likeness (QED) is 0.630. The van der Waals surface area contributed by atoms with E-state index in [2.05, 4.69) is 31.0 Å². The topological polar surface area (TPSA) is 43.1 Å². The van der Waals surface area contributed by atoms with Crippen LogP contribution in [-0.4, -0.2) is 19.6 Å². The Labute approximate surface area is 121 Å². The Morgan fingerprint density at radius 2 is 1.94 bits per heavy atom. The molecule has 0 unspecified atom stereocenters. The van der Waals surface area contributed by atoms with Crippen molar-refractivity contribution in [2.75, 3.05) is 0 Å². The predicted octanol–water partition coefficient (Wildman–Crippen LogP) is 3.86. The number of fused-ring (bicyclic) bond motifs is 1. The number of benzene rings is 1. The molecule has 0 saturated carbocycles. The SMILES string of the molecule is Clc1ccccc1-c1nc2c(Br)c(Cl)ncn2n1. The normalized spacial score (nSPS) is 11.1. The fourth-order valence-electron chi connectivity index (χ4n) is 1.56. The van der Waals surface area contributed by atoms with Crippen LogP contribution in [0.1, 0.15) is 0 Å². The summed E-state index contributed by atoms with van der Waals surface area (Å²) in [6.45, 7) is 0. The second-order valence-corrected chi connectivity index (χ2v) is 5.09. The van der Waals surface area contributed by atoms with E-state index in [4.69, 9.17) is 23.2 Å². The maximum atomic E-state index is 6.11. The van der Waals surface area contributed by atoms with Gasteiger partial charge in [-0.05, 0) is 28.1 Å². The zero-order valence-corrected chi connectivity index (χ0v) is 11.9. The van der Waals surface area contributed by atoms with E-state index in [-0.39, 0.29) is 0 Å². The van der Waals surface area contributed by atoms with Gasteiger partial charge in [0.25, 0.3) is 0 Å². The van der Waals surface area contributed by atoms with Crippen LogP contribution in [0.5, 0.6) is 0 Å². The molecular weight excluding hydrogens is 339 g/mol. The van der Waals surface area contributed by atoms with Crippen LogP contribution in [0.4, 0.5) is 0 Å². The molecule has 0 saturated heterocycles. The van der Waals surface area contributed by atoms with Crippen LogP contribution in [-0.2, 0) is 0 Å². The van der Waals surface area contributed by atoms with E-state index in [0.717, 1.165) is 5.56 Å². The summed E-state index contributed by atoms with van der Waals surface area (Å²) in [7, 11) is 0. The molecule has 90 valence electrons. The molecule has 0 amide bonds. The second-order valence-electron chi connectivity index (χ2n) is 3.53. The molecule has 0 aliphatic heterocycles. The number of aromatic nitrogens is 4. The number of nitrogens with zero attached hydrogens (tertiary/aromatic N) is 4. The van der Waals surface area contributed by atoms with Gasteiger partial charge in [0, 0.05) is 5.56 Å². The average molecular weight is 344 g/mol. The molecule has 18 heavy (non-hydrogen) atoms. The zero-order valence-electron chi connectivity index (χ0n) is 8.81. The maximum Gasteiger partial charge on any atom is 0.183 e. The van der Waals surface area contributed by atoms with Crippen LogP contribution in [0.2, 0.25) is 10.2 Å². The summed E-state index contributed by atoms with van der Waals surface area (Å²) in [6, 6.07) is 7.39. The van der Waals surface area contributed by atoms with Gasteiger partial charge in [0.2, 0.25) is 0 Å². The Morgan fingerprint density at radius 1 is 1.17 bits per heavy atom. The van der Waals surface area contributed by atoms with E-state index in [1.807, 2.05) is 18.2 Å². The van der Waals surface area contributed by atoms with Crippen LogP contribution < -0.4 is 0 Å². The number of halogens is 3. The van der Waals surface area contributed by atoms with Crippen LogP contribution in [0.15, 0.2) is 35.1 Å². The van der Waals surface area contributed by atoms with Crippen molar-refractivity contribution in [1.29, 1.82) is 0 Å². The van der Waals surface area contributed by atoms with Crippen molar-refractivity contribution in [2.24, 2.45) is 0 Å². The molecule has 0 fully saturated rings. The number of hydrogen-bond donors (Lipinski definition) is 0. The summed E-state index contributed by atoms with van der Waals surface area (Å²) in [4.78, 5) is 8.38. The van der Waals surface area contributed by atoms with Gasteiger partial charge in [-0.2, -0.15) is 0 Å². The maximum absolute atomic E-state index is 6.11. The Kier molecular flexibility index (Phi) is 2.97. The van der Waals surface area contributed by atoms with E-state index in [0.29, 0.717) is 26.1 Å². The largest absolute Gasteiger partial charge is 0.223 e. The van der Waals surface area contributed by atoms with Crippen molar-refractivity contribution in [3.05, 3.63) is 45.2 Å². The standard InChI is InChI=1S/C11H5BrCl2N4/c12-8-9(14)15-5-18-11(8)16-10(17-18)6-3-1-2-4-7(6)13/h1-5H.